The Labute approximate surface area is 168 Å². The highest BCUT2D eigenvalue weighted by atomic mass is 19.1. The van der Waals surface area contributed by atoms with E-state index in [0.29, 0.717) is 12.1 Å². The number of rotatable bonds is 4. The summed E-state index contributed by atoms with van der Waals surface area (Å²) in [7, 11) is 0. The molecule has 1 atom stereocenters. The smallest absolute Gasteiger partial charge is 0.227 e. The second-order valence-electron chi connectivity index (χ2n) is 7.45. The maximum Gasteiger partial charge on any atom is 0.227 e. The molecule has 3 amide bonds. The first-order chi connectivity index (χ1) is 13.9. The first-order valence-electron chi connectivity index (χ1n) is 9.66. The molecule has 0 spiro atoms. The van der Waals surface area contributed by atoms with Crippen LogP contribution >= 0.6 is 0 Å². The van der Waals surface area contributed by atoms with Crippen molar-refractivity contribution in [2.45, 2.75) is 26.3 Å². The Hall–Kier alpha value is -3.22. The Balaban J connectivity index is 1.42. The van der Waals surface area contributed by atoms with E-state index in [1.54, 1.807) is 28.0 Å². The van der Waals surface area contributed by atoms with Crippen molar-refractivity contribution in [2.24, 2.45) is 5.92 Å². The summed E-state index contributed by atoms with van der Waals surface area (Å²) < 4.78 is 13.7. The molecule has 6 nitrogen and oxygen atoms in total. The van der Waals surface area contributed by atoms with Crippen LogP contribution in [-0.4, -0.2) is 30.8 Å². The summed E-state index contributed by atoms with van der Waals surface area (Å²) in [6.45, 7) is 2.56. The van der Waals surface area contributed by atoms with Gasteiger partial charge in [0.2, 0.25) is 17.7 Å². The van der Waals surface area contributed by atoms with Gasteiger partial charge in [-0.2, -0.15) is 0 Å². The van der Waals surface area contributed by atoms with E-state index >= 15 is 0 Å². The summed E-state index contributed by atoms with van der Waals surface area (Å²) in [6, 6.07) is 11.9. The number of fused-ring (bicyclic) bond motifs is 1. The summed E-state index contributed by atoms with van der Waals surface area (Å²) in [5.74, 6) is -1.21. The Bertz CT molecular complexity index is 991. The second-order valence-corrected chi connectivity index (χ2v) is 7.45. The van der Waals surface area contributed by atoms with Gasteiger partial charge in [0.25, 0.3) is 0 Å². The summed E-state index contributed by atoms with van der Waals surface area (Å²) in [6.07, 6.45) is 0.872. The molecule has 2 aromatic carbocycles. The lowest BCUT2D eigenvalue weighted by Crippen LogP contribution is -2.32. The minimum atomic E-state index is -0.476. The fraction of sp³-hybridized carbons (Fsp3) is 0.318. The minimum absolute atomic E-state index is 0.000312. The third kappa shape index (κ3) is 3.72. The van der Waals surface area contributed by atoms with E-state index in [9.17, 15) is 18.8 Å². The number of halogens is 1. The van der Waals surface area contributed by atoms with E-state index in [1.807, 2.05) is 18.2 Å². The minimum Gasteiger partial charge on any atom is -0.352 e. The molecule has 0 bridgehead atoms. The molecule has 0 aromatic heterocycles. The number of hydrogen-bond donors (Lipinski definition) is 1. The van der Waals surface area contributed by atoms with Crippen molar-refractivity contribution in [1.82, 2.24) is 5.32 Å². The van der Waals surface area contributed by atoms with E-state index in [1.165, 1.54) is 13.0 Å². The van der Waals surface area contributed by atoms with Gasteiger partial charge in [-0.3, -0.25) is 14.4 Å². The fourth-order valence-corrected chi connectivity index (χ4v) is 3.98. The number of amides is 3. The molecule has 0 radical (unpaired) electrons. The molecule has 2 heterocycles. The van der Waals surface area contributed by atoms with Crippen LogP contribution in [0.5, 0.6) is 0 Å². The lowest BCUT2D eigenvalue weighted by Gasteiger charge is -2.19. The van der Waals surface area contributed by atoms with E-state index in [2.05, 4.69) is 5.32 Å². The number of nitrogens with one attached hydrogen (secondary N) is 1. The molecule has 2 aromatic rings. The summed E-state index contributed by atoms with van der Waals surface area (Å²) in [4.78, 5) is 40.1. The van der Waals surface area contributed by atoms with Crippen LogP contribution in [0.4, 0.5) is 15.8 Å². The van der Waals surface area contributed by atoms with Gasteiger partial charge in [0, 0.05) is 49.9 Å². The second kappa shape index (κ2) is 7.66. The average molecular weight is 395 g/mol. The molecular formula is C22H22FN3O3. The number of carbonyl (C=O) groups is 3. The van der Waals surface area contributed by atoms with Gasteiger partial charge in [-0.05, 0) is 36.2 Å². The third-order valence-electron chi connectivity index (χ3n) is 5.56. The maximum absolute atomic E-state index is 13.7. The molecule has 2 aliphatic heterocycles. The highest BCUT2D eigenvalue weighted by Crippen LogP contribution is 2.34. The number of benzene rings is 2. The zero-order valence-corrected chi connectivity index (χ0v) is 16.2. The van der Waals surface area contributed by atoms with Crippen molar-refractivity contribution in [2.75, 3.05) is 22.9 Å². The normalized spacial score (nSPS) is 18.1. The first kappa shape index (κ1) is 19.1. The van der Waals surface area contributed by atoms with E-state index in [-0.39, 0.29) is 43.0 Å². The van der Waals surface area contributed by atoms with Crippen molar-refractivity contribution in [3.05, 3.63) is 59.4 Å². The van der Waals surface area contributed by atoms with Gasteiger partial charge in [0.1, 0.15) is 5.82 Å². The van der Waals surface area contributed by atoms with Crippen molar-refractivity contribution in [3.63, 3.8) is 0 Å². The molecule has 1 saturated heterocycles. The highest BCUT2D eigenvalue weighted by Gasteiger charge is 2.35. The molecule has 150 valence electrons. The molecule has 2 aliphatic rings. The molecule has 29 heavy (non-hydrogen) atoms. The Morgan fingerprint density at radius 2 is 2.00 bits per heavy atom. The third-order valence-corrected chi connectivity index (χ3v) is 5.56. The lowest BCUT2D eigenvalue weighted by atomic mass is 10.1. The van der Waals surface area contributed by atoms with Crippen molar-refractivity contribution in [3.8, 4) is 0 Å². The predicted octanol–water partition coefficient (Wildman–Crippen LogP) is 2.40. The summed E-state index contributed by atoms with van der Waals surface area (Å²) in [5.41, 5.74) is 3.06. The largest absolute Gasteiger partial charge is 0.352 e. The zero-order valence-electron chi connectivity index (χ0n) is 16.2. The van der Waals surface area contributed by atoms with Gasteiger partial charge in [0.15, 0.2) is 0 Å². The van der Waals surface area contributed by atoms with E-state index in [4.69, 9.17) is 0 Å². The number of hydrogen-bond acceptors (Lipinski definition) is 3. The first-order valence-corrected chi connectivity index (χ1v) is 9.66. The lowest BCUT2D eigenvalue weighted by molar-refractivity contribution is -0.126. The van der Waals surface area contributed by atoms with Crippen molar-refractivity contribution in [1.29, 1.82) is 0 Å². The fourth-order valence-electron chi connectivity index (χ4n) is 3.98. The standard InChI is InChI=1S/C22H22FN3O3/c1-14(27)25-9-8-15-10-18(6-7-20(15)25)26-13-17(11-21(26)28)22(29)24-12-16-4-2-3-5-19(16)23/h2-7,10,17H,8-9,11-13H2,1H3,(H,24,29)/t17-/m0/s1. The maximum atomic E-state index is 13.7. The van der Waals surface area contributed by atoms with Crippen LogP contribution in [0, 0.1) is 11.7 Å². The van der Waals surface area contributed by atoms with Crippen molar-refractivity contribution >= 4 is 29.1 Å². The molecule has 7 heteroatoms. The van der Waals surface area contributed by atoms with Crippen molar-refractivity contribution < 1.29 is 18.8 Å². The number of nitrogens with zero attached hydrogens (tertiary/aromatic N) is 2. The molecule has 1 fully saturated rings. The van der Waals surface area contributed by atoms with Gasteiger partial charge in [-0.1, -0.05) is 18.2 Å². The highest BCUT2D eigenvalue weighted by molar-refractivity contribution is 6.01. The molecule has 1 N–H and O–H groups in total. The average Bonchev–Trinajstić information content (AvgIpc) is 3.30. The summed E-state index contributed by atoms with van der Waals surface area (Å²) in [5, 5.41) is 2.73. The van der Waals surface area contributed by atoms with Gasteiger partial charge >= 0.3 is 0 Å². The quantitative estimate of drug-likeness (QED) is 0.864. The number of carbonyl (C=O) groups excluding carboxylic acids is 3. The van der Waals surface area contributed by atoms with Crippen LogP contribution < -0.4 is 15.1 Å². The number of anilines is 2. The van der Waals surface area contributed by atoms with Crippen LogP contribution in [0.25, 0.3) is 0 Å². The zero-order chi connectivity index (χ0) is 20.5. The monoisotopic (exact) mass is 395 g/mol. The molecule has 4 rings (SSSR count). The van der Waals surface area contributed by atoms with Gasteiger partial charge < -0.3 is 15.1 Å². The van der Waals surface area contributed by atoms with E-state index in [0.717, 1.165) is 23.4 Å². The van der Waals surface area contributed by atoms with Gasteiger partial charge in [-0.15, -0.1) is 0 Å². The Kier molecular flexibility index (Phi) is 5.05. The van der Waals surface area contributed by atoms with Crippen LogP contribution in [-0.2, 0) is 27.3 Å². The Morgan fingerprint density at radius 3 is 2.76 bits per heavy atom. The predicted molar refractivity (Wildman–Crippen MR) is 107 cm³/mol. The van der Waals surface area contributed by atoms with Crippen LogP contribution in [0.15, 0.2) is 42.5 Å². The van der Waals surface area contributed by atoms with Gasteiger partial charge in [0.05, 0.1) is 5.92 Å². The summed E-state index contributed by atoms with van der Waals surface area (Å²) >= 11 is 0. The van der Waals surface area contributed by atoms with Crippen LogP contribution in [0.2, 0.25) is 0 Å². The van der Waals surface area contributed by atoms with Gasteiger partial charge in [-0.25, -0.2) is 4.39 Å². The topological polar surface area (TPSA) is 69.7 Å². The van der Waals surface area contributed by atoms with Crippen LogP contribution in [0.3, 0.4) is 0 Å². The molecule has 0 aliphatic carbocycles. The molecular weight excluding hydrogens is 373 g/mol. The molecule has 0 saturated carbocycles. The molecule has 0 unspecified atom stereocenters. The van der Waals surface area contributed by atoms with Crippen LogP contribution in [0.1, 0.15) is 24.5 Å². The SMILES string of the molecule is CC(=O)N1CCc2cc(N3C[C@@H](C(=O)NCc4ccccc4F)CC3=O)ccc21. The van der Waals surface area contributed by atoms with E-state index < -0.39 is 5.92 Å². The Morgan fingerprint density at radius 1 is 1.21 bits per heavy atom.